The molecule has 0 aliphatic carbocycles. The van der Waals surface area contributed by atoms with Crippen LogP contribution in [-0.2, 0) is 16.1 Å². The number of pyridine rings is 1. The molecule has 0 radical (unpaired) electrons. The summed E-state index contributed by atoms with van der Waals surface area (Å²) < 4.78 is 2.54. The minimum absolute atomic E-state index is 0.0981. The molecule has 2 N–H and O–H groups in total. The first-order valence-corrected chi connectivity index (χ1v) is 8.10. The van der Waals surface area contributed by atoms with Gasteiger partial charge in [-0.3, -0.25) is 14.0 Å². The van der Waals surface area contributed by atoms with Crippen LogP contribution in [0, 0.1) is 0 Å². The molecule has 0 bridgehead atoms. The zero-order valence-electron chi connectivity index (χ0n) is 13.5. The molecule has 24 heavy (non-hydrogen) atoms. The highest BCUT2D eigenvalue weighted by atomic mass is 16.4. The molecule has 0 saturated carbocycles. The summed E-state index contributed by atoms with van der Waals surface area (Å²) in [4.78, 5) is 34.3. The molecular formula is C16H22N4O4. The topological polar surface area (TPSA) is 106 Å². The summed E-state index contributed by atoms with van der Waals surface area (Å²) in [5, 5.41) is 15.4. The number of nitrogens with zero attached hydrogens (tertiary/aromatic N) is 3. The number of nitrogens with one attached hydrogen (secondary N) is 1. The van der Waals surface area contributed by atoms with E-state index >= 15 is 0 Å². The third-order valence-corrected chi connectivity index (χ3v) is 3.67. The highest BCUT2D eigenvalue weighted by Crippen LogP contribution is 2.04. The monoisotopic (exact) mass is 334 g/mol. The van der Waals surface area contributed by atoms with Gasteiger partial charge in [0.25, 0.3) is 0 Å². The van der Waals surface area contributed by atoms with Crippen LogP contribution in [0.25, 0.3) is 5.65 Å². The highest BCUT2D eigenvalue weighted by molar-refractivity contribution is 5.75. The summed E-state index contributed by atoms with van der Waals surface area (Å²) >= 11 is 0. The van der Waals surface area contributed by atoms with Gasteiger partial charge in [0.2, 0.25) is 5.91 Å². The van der Waals surface area contributed by atoms with E-state index in [0.29, 0.717) is 18.6 Å². The summed E-state index contributed by atoms with van der Waals surface area (Å²) in [6.07, 6.45) is 6.13. The lowest BCUT2D eigenvalue weighted by atomic mass is 10.1. The number of carbonyl (C=O) groups excluding carboxylic acids is 1. The van der Waals surface area contributed by atoms with E-state index in [1.54, 1.807) is 24.4 Å². The summed E-state index contributed by atoms with van der Waals surface area (Å²) in [5.74, 6) is -1.00. The lowest BCUT2D eigenvalue weighted by molar-refractivity contribution is -0.137. The Kier molecular flexibility index (Phi) is 6.53. The van der Waals surface area contributed by atoms with Gasteiger partial charge < -0.3 is 10.4 Å². The number of aliphatic carboxylic acids is 1. The molecule has 0 fully saturated rings. The van der Waals surface area contributed by atoms with Gasteiger partial charge in [-0.15, -0.1) is 5.10 Å². The molecule has 0 aliphatic rings. The number of hydrogen-bond acceptors (Lipinski definition) is 4. The van der Waals surface area contributed by atoms with Crippen molar-refractivity contribution >= 4 is 17.5 Å². The number of hydrogen-bond donors (Lipinski definition) is 2. The van der Waals surface area contributed by atoms with Gasteiger partial charge in [-0.2, -0.15) is 0 Å². The van der Waals surface area contributed by atoms with Crippen molar-refractivity contribution in [3.63, 3.8) is 0 Å². The third kappa shape index (κ3) is 5.22. The Morgan fingerprint density at radius 1 is 1.12 bits per heavy atom. The van der Waals surface area contributed by atoms with Gasteiger partial charge >= 0.3 is 11.7 Å². The van der Waals surface area contributed by atoms with Crippen molar-refractivity contribution in [3.05, 3.63) is 34.9 Å². The van der Waals surface area contributed by atoms with E-state index in [0.717, 1.165) is 30.4 Å². The molecule has 0 spiro atoms. The van der Waals surface area contributed by atoms with Gasteiger partial charge in [0.05, 0.1) is 0 Å². The Hall–Kier alpha value is -2.64. The van der Waals surface area contributed by atoms with Crippen LogP contribution >= 0.6 is 0 Å². The van der Waals surface area contributed by atoms with Crippen LogP contribution in [0.3, 0.4) is 0 Å². The standard InChI is InChI=1S/C16H22N4O4/c21-14(17-10-6-3-1-2-4-9-15(22)23)12-20-16(24)19-11-7-5-8-13(19)18-20/h5,7-8,11H,1-4,6,9-10,12H2,(H,17,21)(H,22,23). The molecule has 2 aromatic rings. The fourth-order valence-corrected chi connectivity index (χ4v) is 2.42. The molecule has 1 amide bonds. The van der Waals surface area contributed by atoms with Crippen LogP contribution in [-0.4, -0.2) is 37.7 Å². The van der Waals surface area contributed by atoms with Crippen molar-refractivity contribution in [1.82, 2.24) is 19.5 Å². The minimum atomic E-state index is -0.760. The molecule has 0 aliphatic heterocycles. The first kappa shape index (κ1) is 17.7. The van der Waals surface area contributed by atoms with Crippen LogP contribution in [0.4, 0.5) is 0 Å². The zero-order valence-corrected chi connectivity index (χ0v) is 13.5. The van der Waals surface area contributed by atoms with Gasteiger partial charge in [-0.25, -0.2) is 9.48 Å². The predicted molar refractivity (Wildman–Crippen MR) is 87.8 cm³/mol. The molecular weight excluding hydrogens is 312 g/mol. The van der Waals surface area contributed by atoms with Gasteiger partial charge in [0, 0.05) is 19.2 Å². The maximum atomic E-state index is 12.0. The van der Waals surface area contributed by atoms with Gasteiger partial charge in [-0.05, 0) is 25.0 Å². The number of unbranched alkanes of at least 4 members (excludes halogenated alkanes) is 4. The minimum Gasteiger partial charge on any atom is -0.481 e. The number of amides is 1. The highest BCUT2D eigenvalue weighted by Gasteiger charge is 2.09. The Balaban J connectivity index is 1.65. The zero-order chi connectivity index (χ0) is 17.4. The lowest BCUT2D eigenvalue weighted by Crippen LogP contribution is -2.33. The van der Waals surface area contributed by atoms with Gasteiger partial charge in [0.15, 0.2) is 5.65 Å². The van der Waals surface area contributed by atoms with Crippen LogP contribution in [0.5, 0.6) is 0 Å². The van der Waals surface area contributed by atoms with Crippen molar-refractivity contribution in [2.75, 3.05) is 6.54 Å². The predicted octanol–water partition coefficient (Wildman–Crippen LogP) is 1.04. The number of aromatic nitrogens is 3. The van der Waals surface area contributed by atoms with Crippen molar-refractivity contribution in [2.24, 2.45) is 0 Å². The summed E-state index contributed by atoms with van der Waals surface area (Å²) in [5.41, 5.74) is 0.177. The SMILES string of the molecule is O=C(O)CCCCCCCNC(=O)Cn1nc2ccccn2c1=O. The van der Waals surface area contributed by atoms with E-state index in [1.165, 1.54) is 4.40 Å². The Labute approximate surface area is 139 Å². The number of carboxylic acid groups (broad SMARTS) is 1. The lowest BCUT2D eigenvalue weighted by Gasteiger charge is -2.04. The number of fused-ring (bicyclic) bond motifs is 1. The number of rotatable bonds is 10. The van der Waals surface area contributed by atoms with Gasteiger partial charge in [-0.1, -0.05) is 25.3 Å². The second kappa shape index (κ2) is 8.85. The quantitative estimate of drug-likeness (QED) is 0.632. The van der Waals surface area contributed by atoms with E-state index in [9.17, 15) is 14.4 Å². The Morgan fingerprint density at radius 3 is 2.62 bits per heavy atom. The molecule has 0 atom stereocenters. The second-order valence-corrected chi connectivity index (χ2v) is 5.63. The number of carboxylic acids is 1. The molecule has 8 heteroatoms. The van der Waals surface area contributed by atoms with Crippen molar-refractivity contribution in [3.8, 4) is 0 Å². The average Bonchev–Trinajstić information content (AvgIpc) is 2.86. The maximum absolute atomic E-state index is 12.0. The van der Waals surface area contributed by atoms with E-state index in [-0.39, 0.29) is 24.6 Å². The van der Waals surface area contributed by atoms with Crippen LogP contribution in [0.15, 0.2) is 29.2 Å². The molecule has 0 saturated heterocycles. The summed E-state index contributed by atoms with van der Waals surface area (Å²) in [7, 11) is 0. The van der Waals surface area contributed by atoms with Crippen LogP contribution in [0.1, 0.15) is 38.5 Å². The summed E-state index contributed by atoms with van der Waals surface area (Å²) in [6, 6.07) is 5.22. The molecule has 0 unspecified atom stereocenters. The molecule has 8 nitrogen and oxygen atoms in total. The fourth-order valence-electron chi connectivity index (χ4n) is 2.42. The first-order valence-electron chi connectivity index (χ1n) is 8.10. The third-order valence-electron chi connectivity index (χ3n) is 3.67. The first-order chi connectivity index (χ1) is 11.6. The molecule has 2 rings (SSSR count). The van der Waals surface area contributed by atoms with Crippen molar-refractivity contribution in [2.45, 2.75) is 45.1 Å². The Morgan fingerprint density at radius 2 is 1.88 bits per heavy atom. The van der Waals surface area contributed by atoms with Crippen LogP contribution < -0.4 is 11.0 Å². The second-order valence-electron chi connectivity index (χ2n) is 5.63. The molecule has 2 aromatic heterocycles. The summed E-state index contributed by atoms with van der Waals surface area (Å²) in [6.45, 7) is 0.443. The van der Waals surface area contributed by atoms with Crippen molar-refractivity contribution in [1.29, 1.82) is 0 Å². The van der Waals surface area contributed by atoms with E-state index < -0.39 is 5.97 Å². The van der Waals surface area contributed by atoms with E-state index in [1.807, 2.05) is 0 Å². The van der Waals surface area contributed by atoms with Crippen molar-refractivity contribution < 1.29 is 14.7 Å². The number of carbonyl (C=O) groups is 2. The molecule has 2 heterocycles. The average molecular weight is 334 g/mol. The normalized spacial score (nSPS) is 10.8. The molecule has 130 valence electrons. The smallest absolute Gasteiger partial charge is 0.350 e. The van der Waals surface area contributed by atoms with Gasteiger partial charge in [0.1, 0.15) is 6.54 Å². The fraction of sp³-hybridized carbons (Fsp3) is 0.500. The molecule has 0 aromatic carbocycles. The van der Waals surface area contributed by atoms with E-state index in [2.05, 4.69) is 10.4 Å². The Bertz CT molecular complexity index is 750. The largest absolute Gasteiger partial charge is 0.481 e. The van der Waals surface area contributed by atoms with E-state index in [4.69, 9.17) is 5.11 Å². The maximum Gasteiger partial charge on any atom is 0.350 e. The van der Waals surface area contributed by atoms with Crippen LogP contribution in [0.2, 0.25) is 0 Å².